The quantitative estimate of drug-likeness (QED) is 0.0274. The number of hydrogen-bond acceptors (Lipinski definition) is 16. The Morgan fingerprint density at radius 1 is 0.828 bits per heavy atom. The fourth-order valence-corrected chi connectivity index (χ4v) is 9.41. The van der Waals surface area contributed by atoms with E-state index in [0.717, 1.165) is 44.6 Å². The third-order valence-corrected chi connectivity index (χ3v) is 13.1. The number of hydrogen-bond donors (Lipinski definition) is 10. The van der Waals surface area contributed by atoms with Gasteiger partial charge in [-0.05, 0) is 19.3 Å². The minimum atomic E-state index is -5.75. The summed E-state index contributed by atoms with van der Waals surface area (Å²) in [6.45, 7) is 2.54. The smallest absolute Gasteiger partial charge is 0.462 e. The lowest BCUT2D eigenvalue weighted by Crippen LogP contribution is -2.56. The van der Waals surface area contributed by atoms with Gasteiger partial charge in [0.2, 0.25) is 0 Å². The van der Waals surface area contributed by atoms with Crippen molar-refractivity contribution in [1.82, 2.24) is 0 Å². The van der Waals surface area contributed by atoms with Crippen molar-refractivity contribution in [3.05, 3.63) is 24.3 Å². The number of phosphoric ester groups is 2. The van der Waals surface area contributed by atoms with E-state index in [1.165, 1.54) is 69.6 Å². The SMILES string of the molecule is CCCCCCCCCCCCCCCC(=O)OC[C@@H]1COP(=O)(O)O[C@H]2[C@H](O)[C@@H](O)[C@H](O)[C@H](C/C=C\CC(=O)O1)[C@@H](O)C[C@@H](O)[C@H](C=C[C@H](O)CCCCC)[C@@H](O)[C@H]2OP(=O)(O)O. The summed E-state index contributed by atoms with van der Waals surface area (Å²) in [5.74, 6) is -4.71. The number of carbonyl (C=O) groups is 2. The second kappa shape index (κ2) is 31.4. The van der Waals surface area contributed by atoms with Crippen molar-refractivity contribution < 1.29 is 92.2 Å². The molecule has 21 heteroatoms. The van der Waals surface area contributed by atoms with E-state index in [2.05, 4.69) is 6.92 Å². The predicted octanol–water partition coefficient (Wildman–Crippen LogP) is 4.55. The molecule has 0 aromatic rings. The average molecular weight is 961 g/mol. The summed E-state index contributed by atoms with van der Waals surface area (Å²) in [6.07, 6.45) is -0.648. The zero-order valence-electron chi connectivity index (χ0n) is 37.5. The summed E-state index contributed by atoms with van der Waals surface area (Å²) in [7, 11) is -11.4. The highest BCUT2D eigenvalue weighted by Crippen LogP contribution is 2.49. The molecule has 0 spiro atoms. The normalized spacial score (nSPS) is 32.6. The fraction of sp³-hybridized carbons (Fsp3) is 0.860. The molecule has 10 N–H and O–H groups in total. The molecule has 1 aliphatic carbocycles. The zero-order valence-corrected chi connectivity index (χ0v) is 39.3. The van der Waals surface area contributed by atoms with Crippen LogP contribution in [0.15, 0.2) is 24.3 Å². The molecule has 1 fully saturated rings. The van der Waals surface area contributed by atoms with E-state index in [9.17, 15) is 69.1 Å². The Bertz CT molecular complexity index is 1460. The van der Waals surface area contributed by atoms with Gasteiger partial charge in [-0.3, -0.25) is 23.2 Å². The molecule has 2 rings (SSSR count). The van der Waals surface area contributed by atoms with Gasteiger partial charge in [0.25, 0.3) is 0 Å². The molecule has 19 nitrogen and oxygen atoms in total. The van der Waals surface area contributed by atoms with Crippen molar-refractivity contribution in [2.24, 2.45) is 11.8 Å². The van der Waals surface area contributed by atoms with Crippen molar-refractivity contribution >= 4 is 27.6 Å². The Labute approximate surface area is 378 Å². The largest absolute Gasteiger partial charge is 0.472 e. The maximum atomic E-state index is 13.6. The van der Waals surface area contributed by atoms with Gasteiger partial charge in [-0.25, -0.2) is 9.13 Å². The molecule has 1 unspecified atom stereocenters. The molecule has 64 heavy (non-hydrogen) atoms. The van der Waals surface area contributed by atoms with Crippen molar-refractivity contribution in [2.45, 2.75) is 210 Å². The van der Waals surface area contributed by atoms with Gasteiger partial charge in [-0.15, -0.1) is 0 Å². The van der Waals surface area contributed by atoms with Crippen LogP contribution in [0.1, 0.15) is 149 Å². The number of allylic oxidation sites excluding steroid dienone is 1. The van der Waals surface area contributed by atoms with Gasteiger partial charge in [-0.2, -0.15) is 0 Å². The van der Waals surface area contributed by atoms with E-state index in [0.29, 0.717) is 12.8 Å². The molecule has 0 aromatic heterocycles. The van der Waals surface area contributed by atoms with E-state index in [1.54, 1.807) is 0 Å². The highest BCUT2D eigenvalue weighted by atomic mass is 31.2. The molecule has 374 valence electrons. The minimum absolute atomic E-state index is 0.0520. The predicted molar refractivity (Wildman–Crippen MR) is 234 cm³/mol. The van der Waals surface area contributed by atoms with Gasteiger partial charge in [-0.1, -0.05) is 134 Å². The Morgan fingerprint density at radius 2 is 1.41 bits per heavy atom. The van der Waals surface area contributed by atoms with Crippen molar-refractivity contribution in [2.75, 3.05) is 13.2 Å². The molecule has 0 radical (unpaired) electrons. The second-order valence-electron chi connectivity index (χ2n) is 17.1. The number of fused-ring (bicyclic) bond motifs is 4. The van der Waals surface area contributed by atoms with Crippen LogP contribution in [0, 0.1) is 11.8 Å². The first kappa shape index (κ1) is 58.5. The van der Waals surface area contributed by atoms with E-state index in [1.807, 2.05) is 6.92 Å². The monoisotopic (exact) mass is 960 g/mol. The summed E-state index contributed by atoms with van der Waals surface area (Å²) in [5, 5.41) is 79.1. The molecule has 2 bridgehead atoms. The van der Waals surface area contributed by atoms with Crippen molar-refractivity contribution in [3.8, 4) is 0 Å². The van der Waals surface area contributed by atoms with Gasteiger partial charge in [0.15, 0.2) is 6.10 Å². The standard InChI is InChI=1S/C43H78O19P2/c1-3-5-7-8-9-10-11-12-13-14-15-16-18-23-36(47)58-28-31-29-59-64(56,57)62-43-41(52)40(51)38(49)32(22-19-20-24-37(48)60-31)34(45)27-35(46)33(26-25-30(44)21-17-6-4-2)39(50)42(43)61-63(53,54)55/h19-20,25-26,30-35,38-46,49-52H,3-18,21-24,27-29H2,1-2H3,(H,56,57)(H2,53,54,55)/b20-19-,26-25?/t30-,31-,32-,33+,34+,35-,38-,39-,40+,41-,42-,43+/m1/s1. The molecule has 1 saturated carbocycles. The van der Waals surface area contributed by atoms with Gasteiger partial charge < -0.3 is 59.9 Å². The van der Waals surface area contributed by atoms with Crippen LogP contribution in [0.4, 0.5) is 0 Å². The first-order chi connectivity index (χ1) is 30.3. The molecular weight excluding hydrogens is 882 g/mol. The van der Waals surface area contributed by atoms with Crippen molar-refractivity contribution in [1.29, 1.82) is 0 Å². The molecule has 13 atom stereocenters. The van der Waals surface area contributed by atoms with E-state index in [4.69, 9.17) is 23.0 Å². The highest BCUT2D eigenvalue weighted by Gasteiger charge is 2.51. The van der Waals surface area contributed by atoms with Crippen LogP contribution in [0.2, 0.25) is 0 Å². The van der Waals surface area contributed by atoms with Crippen LogP contribution in [0.25, 0.3) is 0 Å². The summed E-state index contributed by atoms with van der Waals surface area (Å²) < 4.78 is 51.7. The number of phosphoric acid groups is 2. The maximum absolute atomic E-state index is 13.6. The lowest BCUT2D eigenvalue weighted by atomic mass is 9.83. The molecular formula is C43H78O19P2. The first-order valence-electron chi connectivity index (χ1n) is 23.1. The van der Waals surface area contributed by atoms with Crippen LogP contribution < -0.4 is 0 Å². The van der Waals surface area contributed by atoms with Crippen LogP contribution in [0.5, 0.6) is 0 Å². The third kappa shape index (κ3) is 23.4. The summed E-state index contributed by atoms with van der Waals surface area (Å²) in [6, 6.07) is 0. The van der Waals surface area contributed by atoms with Gasteiger partial charge in [0, 0.05) is 24.7 Å². The van der Waals surface area contributed by atoms with Crippen LogP contribution >= 0.6 is 15.6 Å². The first-order valence-corrected chi connectivity index (χ1v) is 26.2. The van der Waals surface area contributed by atoms with Gasteiger partial charge >= 0.3 is 27.6 Å². The molecule has 0 saturated heterocycles. The lowest BCUT2D eigenvalue weighted by Gasteiger charge is -2.38. The van der Waals surface area contributed by atoms with Crippen LogP contribution in [-0.2, 0) is 41.8 Å². The Morgan fingerprint density at radius 3 is 2.00 bits per heavy atom. The van der Waals surface area contributed by atoms with Gasteiger partial charge in [0.1, 0.15) is 31.0 Å². The number of aliphatic hydroxyl groups excluding tert-OH is 7. The number of esters is 2. The number of aliphatic hydroxyl groups is 7. The minimum Gasteiger partial charge on any atom is -0.462 e. The number of carbonyl (C=O) groups excluding carboxylic acids is 2. The van der Waals surface area contributed by atoms with E-state index in [-0.39, 0.29) is 19.3 Å². The summed E-state index contributed by atoms with van der Waals surface area (Å²) in [4.78, 5) is 56.4. The topological polar surface area (TPSA) is 317 Å². The van der Waals surface area contributed by atoms with E-state index >= 15 is 0 Å². The number of ether oxygens (including phenoxy) is 2. The van der Waals surface area contributed by atoms with Crippen LogP contribution in [0.3, 0.4) is 0 Å². The van der Waals surface area contributed by atoms with E-state index < -0.39 is 127 Å². The summed E-state index contributed by atoms with van der Waals surface area (Å²) >= 11 is 0. The van der Waals surface area contributed by atoms with Gasteiger partial charge in [0.05, 0.1) is 43.5 Å². The Kier molecular flexibility index (Phi) is 28.7. The molecule has 2 aliphatic rings. The highest BCUT2D eigenvalue weighted by molar-refractivity contribution is 7.47. The maximum Gasteiger partial charge on any atom is 0.472 e. The second-order valence-corrected chi connectivity index (χ2v) is 19.7. The average Bonchev–Trinajstić information content (AvgIpc) is 3.23. The third-order valence-electron chi connectivity index (χ3n) is 11.6. The number of rotatable bonds is 24. The zero-order chi connectivity index (χ0) is 47.7. The number of cyclic esters (lactones) is 1. The molecule has 0 amide bonds. The molecule has 1 aliphatic heterocycles. The summed E-state index contributed by atoms with van der Waals surface area (Å²) in [5.41, 5.74) is 0. The Hall–Kier alpha value is -1.64. The van der Waals surface area contributed by atoms with Crippen LogP contribution in [-0.4, -0.2) is 137 Å². The number of unbranched alkanes of at least 4 members (excludes halogenated alkanes) is 14. The molecule has 0 aromatic carbocycles. The fourth-order valence-electron chi connectivity index (χ4n) is 7.88. The lowest BCUT2D eigenvalue weighted by molar-refractivity contribution is -0.165. The van der Waals surface area contributed by atoms with Crippen molar-refractivity contribution in [3.63, 3.8) is 0 Å². The molecule has 1 heterocycles. The Balaban J connectivity index is 2.32.